The normalized spacial score (nSPS) is 13.8. The van der Waals surface area contributed by atoms with Gasteiger partial charge in [0.1, 0.15) is 5.65 Å². The average Bonchev–Trinajstić information content (AvgIpc) is 2.95. The first-order valence-electron chi connectivity index (χ1n) is 8.31. The number of hydroxylamine groups is 1. The molecule has 4 rings (SSSR count). The van der Waals surface area contributed by atoms with Crippen LogP contribution in [0.15, 0.2) is 42.6 Å². The number of nitrogens with zero attached hydrogens (tertiary/aromatic N) is 3. The molecule has 3 heterocycles. The third-order valence-corrected chi connectivity index (χ3v) is 4.84. The molecule has 2 aromatic heterocycles. The van der Waals surface area contributed by atoms with Crippen LogP contribution in [0.1, 0.15) is 27.2 Å². The van der Waals surface area contributed by atoms with Crippen LogP contribution in [0.4, 0.5) is 0 Å². The van der Waals surface area contributed by atoms with Crippen molar-refractivity contribution in [3.63, 3.8) is 0 Å². The Morgan fingerprint density at radius 1 is 1.27 bits per heavy atom. The van der Waals surface area contributed by atoms with Crippen molar-refractivity contribution in [3.8, 4) is 0 Å². The van der Waals surface area contributed by atoms with Gasteiger partial charge in [0.2, 0.25) is 5.91 Å². The largest absolute Gasteiger partial charge is 0.340 e. The summed E-state index contributed by atoms with van der Waals surface area (Å²) in [7, 11) is 1.81. The molecular formula is C19H18N4O3. The van der Waals surface area contributed by atoms with Gasteiger partial charge in [0.05, 0.1) is 13.0 Å². The van der Waals surface area contributed by atoms with Crippen molar-refractivity contribution in [2.24, 2.45) is 0 Å². The van der Waals surface area contributed by atoms with Crippen molar-refractivity contribution in [1.82, 2.24) is 19.9 Å². The number of hydrogen-bond acceptors (Lipinski definition) is 4. The number of fused-ring (bicyclic) bond motifs is 3. The van der Waals surface area contributed by atoms with E-state index in [1.165, 1.54) is 0 Å². The van der Waals surface area contributed by atoms with Crippen molar-refractivity contribution >= 4 is 22.8 Å². The van der Waals surface area contributed by atoms with E-state index in [-0.39, 0.29) is 5.91 Å². The van der Waals surface area contributed by atoms with Crippen molar-refractivity contribution in [2.75, 3.05) is 7.05 Å². The molecule has 0 fully saturated rings. The smallest absolute Gasteiger partial charge is 0.274 e. The topological polar surface area (TPSA) is 87.5 Å². The summed E-state index contributed by atoms with van der Waals surface area (Å²) in [5, 5.41) is 9.73. The van der Waals surface area contributed by atoms with E-state index in [1.807, 2.05) is 31.3 Å². The van der Waals surface area contributed by atoms with E-state index in [2.05, 4.69) is 9.55 Å². The minimum absolute atomic E-state index is 0.111. The highest BCUT2D eigenvalue weighted by Gasteiger charge is 2.27. The Bertz CT molecular complexity index is 1010. The molecule has 26 heavy (non-hydrogen) atoms. The lowest BCUT2D eigenvalue weighted by atomic mass is 10.0. The molecule has 0 atom stereocenters. The summed E-state index contributed by atoms with van der Waals surface area (Å²) in [6.07, 6.45) is 2.14. The number of nitrogens with one attached hydrogen (secondary N) is 1. The van der Waals surface area contributed by atoms with Gasteiger partial charge in [-0.2, -0.15) is 0 Å². The SMILES string of the molecule is CN1Cc2c(c3cccnc3n2Cc2ccc(C(=O)NO)cc2)CC1=O. The summed E-state index contributed by atoms with van der Waals surface area (Å²) in [6.45, 7) is 1.14. The third-order valence-electron chi connectivity index (χ3n) is 4.84. The van der Waals surface area contributed by atoms with Crippen LogP contribution >= 0.6 is 0 Å². The van der Waals surface area contributed by atoms with E-state index < -0.39 is 5.91 Å². The second-order valence-corrected chi connectivity index (χ2v) is 6.45. The third kappa shape index (κ3) is 2.62. The van der Waals surface area contributed by atoms with Gasteiger partial charge < -0.3 is 9.47 Å². The molecule has 2 amide bonds. The molecule has 3 aromatic rings. The monoisotopic (exact) mass is 350 g/mol. The molecule has 0 bridgehead atoms. The van der Waals surface area contributed by atoms with Gasteiger partial charge >= 0.3 is 0 Å². The van der Waals surface area contributed by atoms with Gasteiger partial charge in [-0.3, -0.25) is 14.8 Å². The summed E-state index contributed by atoms with van der Waals surface area (Å²) in [5.41, 5.74) is 6.02. The second-order valence-electron chi connectivity index (χ2n) is 6.45. The number of aromatic nitrogens is 2. The summed E-state index contributed by atoms with van der Waals surface area (Å²) < 4.78 is 2.13. The molecular weight excluding hydrogens is 332 g/mol. The highest BCUT2D eigenvalue weighted by Crippen LogP contribution is 2.30. The molecule has 0 radical (unpaired) electrons. The van der Waals surface area contributed by atoms with Crippen LogP contribution in [0.2, 0.25) is 0 Å². The Morgan fingerprint density at radius 3 is 2.77 bits per heavy atom. The average molecular weight is 350 g/mol. The maximum atomic E-state index is 12.1. The maximum Gasteiger partial charge on any atom is 0.274 e. The van der Waals surface area contributed by atoms with Crippen LogP contribution < -0.4 is 5.48 Å². The van der Waals surface area contributed by atoms with Crippen LogP contribution in [0.3, 0.4) is 0 Å². The highest BCUT2D eigenvalue weighted by atomic mass is 16.5. The van der Waals surface area contributed by atoms with Crippen LogP contribution in [0.5, 0.6) is 0 Å². The number of carbonyl (C=O) groups excluding carboxylic acids is 2. The van der Waals surface area contributed by atoms with E-state index in [0.29, 0.717) is 25.1 Å². The van der Waals surface area contributed by atoms with Crippen molar-refractivity contribution in [1.29, 1.82) is 0 Å². The predicted molar refractivity (Wildman–Crippen MR) is 94.7 cm³/mol. The number of carbonyl (C=O) groups is 2. The van der Waals surface area contributed by atoms with Gasteiger partial charge in [0, 0.05) is 36.4 Å². The molecule has 0 saturated heterocycles. The fourth-order valence-corrected chi connectivity index (χ4v) is 3.45. The number of hydrogen-bond donors (Lipinski definition) is 2. The first kappa shape index (κ1) is 16.3. The van der Waals surface area contributed by atoms with Gasteiger partial charge in [-0.25, -0.2) is 10.5 Å². The molecule has 0 unspecified atom stereocenters. The molecule has 0 saturated carbocycles. The minimum Gasteiger partial charge on any atom is -0.340 e. The number of rotatable bonds is 3. The summed E-state index contributed by atoms with van der Waals surface area (Å²) in [4.78, 5) is 29.9. The second kappa shape index (κ2) is 6.27. The van der Waals surface area contributed by atoms with Crippen LogP contribution in [-0.2, 0) is 24.3 Å². The lowest BCUT2D eigenvalue weighted by molar-refractivity contribution is -0.130. The highest BCUT2D eigenvalue weighted by molar-refractivity contribution is 5.93. The van der Waals surface area contributed by atoms with E-state index in [9.17, 15) is 9.59 Å². The summed E-state index contributed by atoms with van der Waals surface area (Å²) in [6, 6.07) is 10.9. The van der Waals surface area contributed by atoms with Gasteiger partial charge in [-0.15, -0.1) is 0 Å². The van der Waals surface area contributed by atoms with Crippen molar-refractivity contribution < 1.29 is 14.8 Å². The maximum absolute atomic E-state index is 12.1. The zero-order valence-electron chi connectivity index (χ0n) is 14.3. The fraction of sp³-hybridized carbons (Fsp3) is 0.211. The van der Waals surface area contributed by atoms with E-state index in [4.69, 9.17) is 5.21 Å². The number of benzene rings is 1. The van der Waals surface area contributed by atoms with Gasteiger partial charge in [0.15, 0.2) is 0 Å². The molecule has 132 valence electrons. The molecule has 1 aliphatic heterocycles. The Balaban J connectivity index is 1.76. The first-order chi connectivity index (χ1) is 12.6. The fourth-order valence-electron chi connectivity index (χ4n) is 3.45. The number of amides is 2. The van der Waals surface area contributed by atoms with Crippen LogP contribution in [0, 0.1) is 0 Å². The lowest BCUT2D eigenvalue weighted by Gasteiger charge is -2.24. The van der Waals surface area contributed by atoms with Crippen LogP contribution in [0.25, 0.3) is 11.0 Å². The van der Waals surface area contributed by atoms with Gasteiger partial charge in [0.25, 0.3) is 5.91 Å². The Kier molecular flexibility index (Phi) is 3.93. The standard InChI is InChI=1S/C19H18N4O3/c1-22-11-16-15(9-17(22)24)14-3-2-8-20-18(14)23(16)10-12-4-6-13(7-5-12)19(25)21-26/h2-8,26H,9-11H2,1H3,(H,21,25). The lowest BCUT2D eigenvalue weighted by Crippen LogP contribution is -2.33. The molecule has 0 aliphatic carbocycles. The minimum atomic E-state index is -0.540. The zero-order chi connectivity index (χ0) is 18.3. The first-order valence-corrected chi connectivity index (χ1v) is 8.31. The predicted octanol–water partition coefficient (Wildman–Crippen LogP) is 1.72. The molecule has 7 heteroatoms. The quantitative estimate of drug-likeness (QED) is 0.556. The molecule has 1 aromatic carbocycles. The summed E-state index contributed by atoms with van der Waals surface area (Å²) >= 11 is 0. The number of pyridine rings is 1. The molecule has 0 spiro atoms. The Labute approximate surface area is 149 Å². The molecule has 7 nitrogen and oxygen atoms in total. The van der Waals surface area contributed by atoms with E-state index in [1.54, 1.807) is 28.7 Å². The summed E-state index contributed by atoms with van der Waals surface area (Å²) in [5.74, 6) is -0.429. The van der Waals surface area contributed by atoms with Crippen LogP contribution in [-0.4, -0.2) is 38.5 Å². The Hall–Kier alpha value is -3.19. The van der Waals surface area contributed by atoms with Gasteiger partial charge in [-0.1, -0.05) is 12.1 Å². The van der Waals surface area contributed by atoms with E-state index >= 15 is 0 Å². The number of likely N-dealkylation sites (N-methyl/N-ethyl adjacent to an activating group) is 1. The molecule has 2 N–H and O–H groups in total. The van der Waals surface area contributed by atoms with Gasteiger partial charge in [-0.05, 0) is 35.4 Å². The Morgan fingerprint density at radius 2 is 2.04 bits per heavy atom. The van der Waals surface area contributed by atoms with E-state index in [0.717, 1.165) is 27.9 Å². The zero-order valence-corrected chi connectivity index (χ0v) is 14.3. The van der Waals surface area contributed by atoms with Crippen molar-refractivity contribution in [2.45, 2.75) is 19.5 Å². The molecule has 1 aliphatic rings. The van der Waals surface area contributed by atoms with Crippen molar-refractivity contribution in [3.05, 3.63) is 65.0 Å².